The third-order valence-corrected chi connectivity index (χ3v) is 4.23. The predicted molar refractivity (Wildman–Crippen MR) is 109 cm³/mol. The minimum atomic E-state index is -0.405. The fourth-order valence-electron chi connectivity index (χ4n) is 2.78. The highest BCUT2D eigenvalue weighted by atomic mass is 16.2. The minimum absolute atomic E-state index is 0.000303. The Morgan fingerprint density at radius 2 is 1.93 bits per heavy atom. The van der Waals surface area contributed by atoms with E-state index in [4.69, 9.17) is 0 Å². The van der Waals surface area contributed by atoms with E-state index in [0.29, 0.717) is 32.0 Å². The molecule has 1 atom stereocenters. The summed E-state index contributed by atoms with van der Waals surface area (Å²) in [4.78, 5) is 30.5. The van der Waals surface area contributed by atoms with Crippen molar-refractivity contribution in [3.05, 3.63) is 30.3 Å². The van der Waals surface area contributed by atoms with Crippen molar-refractivity contribution < 1.29 is 9.59 Å². The van der Waals surface area contributed by atoms with Crippen LogP contribution in [0.15, 0.2) is 35.3 Å². The number of para-hydroxylation sites is 1. The van der Waals surface area contributed by atoms with E-state index in [1.165, 1.54) is 0 Å². The second kappa shape index (κ2) is 9.39. The number of hydrogen-bond donors (Lipinski definition) is 3. The zero-order chi connectivity index (χ0) is 19.9. The number of nitrogens with zero attached hydrogens (tertiary/aromatic N) is 2. The first-order chi connectivity index (χ1) is 12.8. The molecule has 7 heteroatoms. The van der Waals surface area contributed by atoms with Crippen LogP contribution >= 0.6 is 0 Å². The van der Waals surface area contributed by atoms with Gasteiger partial charge in [-0.05, 0) is 19.1 Å². The molecule has 0 bridgehead atoms. The molecule has 2 amide bonds. The average molecular weight is 374 g/mol. The molecule has 0 spiro atoms. The standard InChI is InChI=1S/C20H31N5O2/c1-5-21-19(23-12-11-22-18(27)20(2,3)4)24-15-13-17(26)25(14-15)16-9-7-6-8-10-16/h6-10,15H,5,11-14H2,1-4H3,(H,22,27)(H2,21,23,24). The normalized spacial score (nSPS) is 17.8. The molecule has 0 aromatic heterocycles. The summed E-state index contributed by atoms with van der Waals surface area (Å²) in [6, 6.07) is 9.68. The van der Waals surface area contributed by atoms with Crippen LogP contribution in [0.1, 0.15) is 34.1 Å². The Kier molecular flexibility index (Phi) is 7.21. The molecular formula is C20H31N5O2. The van der Waals surface area contributed by atoms with Crippen molar-refractivity contribution in [2.45, 2.75) is 40.2 Å². The smallest absolute Gasteiger partial charge is 0.229 e. The fraction of sp³-hybridized carbons (Fsp3) is 0.550. The minimum Gasteiger partial charge on any atom is -0.357 e. The van der Waals surface area contributed by atoms with Crippen LogP contribution in [0, 0.1) is 5.41 Å². The maximum Gasteiger partial charge on any atom is 0.229 e. The van der Waals surface area contributed by atoms with Crippen molar-refractivity contribution in [1.29, 1.82) is 0 Å². The highest BCUT2D eigenvalue weighted by molar-refractivity contribution is 5.97. The van der Waals surface area contributed by atoms with Crippen LogP contribution in [0.3, 0.4) is 0 Å². The first-order valence-corrected chi connectivity index (χ1v) is 9.50. The van der Waals surface area contributed by atoms with Gasteiger partial charge in [-0.1, -0.05) is 39.0 Å². The molecule has 1 saturated heterocycles. The second-order valence-electron chi connectivity index (χ2n) is 7.65. The van der Waals surface area contributed by atoms with Crippen LogP contribution in [0.5, 0.6) is 0 Å². The zero-order valence-corrected chi connectivity index (χ0v) is 16.7. The first-order valence-electron chi connectivity index (χ1n) is 9.50. The first kappa shape index (κ1) is 20.7. The predicted octanol–water partition coefficient (Wildman–Crippen LogP) is 1.51. The lowest BCUT2D eigenvalue weighted by molar-refractivity contribution is -0.128. The molecule has 3 N–H and O–H groups in total. The highest BCUT2D eigenvalue weighted by Gasteiger charge is 2.31. The van der Waals surface area contributed by atoms with Gasteiger partial charge in [0.1, 0.15) is 0 Å². The average Bonchev–Trinajstić information content (AvgIpc) is 2.98. The molecular weight excluding hydrogens is 342 g/mol. The summed E-state index contributed by atoms with van der Waals surface area (Å²) in [5, 5.41) is 9.41. The number of benzene rings is 1. The maximum absolute atomic E-state index is 12.3. The van der Waals surface area contributed by atoms with E-state index < -0.39 is 5.41 Å². The Morgan fingerprint density at radius 1 is 1.22 bits per heavy atom. The monoisotopic (exact) mass is 373 g/mol. The molecule has 1 fully saturated rings. The Balaban J connectivity index is 1.88. The van der Waals surface area contributed by atoms with E-state index in [1.807, 2.05) is 58.0 Å². The van der Waals surface area contributed by atoms with Gasteiger partial charge in [-0.3, -0.25) is 14.6 Å². The van der Waals surface area contributed by atoms with Gasteiger partial charge in [0.25, 0.3) is 0 Å². The number of guanidine groups is 1. The highest BCUT2D eigenvalue weighted by Crippen LogP contribution is 2.20. The van der Waals surface area contributed by atoms with Crippen LogP contribution in [0.2, 0.25) is 0 Å². The van der Waals surface area contributed by atoms with Gasteiger partial charge in [0.05, 0.1) is 12.6 Å². The van der Waals surface area contributed by atoms with Gasteiger partial charge in [-0.15, -0.1) is 0 Å². The van der Waals surface area contributed by atoms with Gasteiger partial charge in [0.15, 0.2) is 5.96 Å². The number of rotatable bonds is 6. The third kappa shape index (κ3) is 6.27. The quantitative estimate of drug-likeness (QED) is 0.401. The maximum atomic E-state index is 12.3. The number of nitrogens with one attached hydrogen (secondary N) is 3. The van der Waals surface area contributed by atoms with Gasteiger partial charge in [-0.2, -0.15) is 0 Å². The molecule has 1 aliphatic rings. The summed E-state index contributed by atoms with van der Waals surface area (Å²) >= 11 is 0. The third-order valence-electron chi connectivity index (χ3n) is 4.23. The number of carbonyl (C=O) groups excluding carboxylic acids is 2. The molecule has 1 unspecified atom stereocenters. The molecule has 2 rings (SSSR count). The van der Waals surface area contributed by atoms with Gasteiger partial charge in [0.2, 0.25) is 11.8 Å². The molecule has 0 aliphatic carbocycles. The number of anilines is 1. The fourth-order valence-corrected chi connectivity index (χ4v) is 2.78. The van der Waals surface area contributed by atoms with E-state index in [1.54, 1.807) is 4.90 Å². The lowest BCUT2D eigenvalue weighted by Gasteiger charge is -2.19. The molecule has 1 heterocycles. The van der Waals surface area contributed by atoms with E-state index in [0.717, 1.165) is 12.2 Å². The van der Waals surface area contributed by atoms with E-state index >= 15 is 0 Å². The summed E-state index contributed by atoms with van der Waals surface area (Å²) in [5.41, 5.74) is 0.510. The van der Waals surface area contributed by atoms with Crippen molar-refractivity contribution in [3.8, 4) is 0 Å². The van der Waals surface area contributed by atoms with Crippen molar-refractivity contribution in [3.63, 3.8) is 0 Å². The molecule has 27 heavy (non-hydrogen) atoms. The number of hydrogen-bond acceptors (Lipinski definition) is 3. The van der Waals surface area contributed by atoms with Crippen molar-refractivity contribution in [2.24, 2.45) is 10.4 Å². The van der Waals surface area contributed by atoms with Crippen molar-refractivity contribution in [2.75, 3.05) is 31.1 Å². The summed E-state index contributed by atoms with van der Waals surface area (Å²) < 4.78 is 0. The van der Waals surface area contributed by atoms with Gasteiger partial charge >= 0.3 is 0 Å². The van der Waals surface area contributed by atoms with Gasteiger partial charge in [-0.25, -0.2) is 0 Å². The van der Waals surface area contributed by atoms with E-state index in [-0.39, 0.29) is 17.9 Å². The van der Waals surface area contributed by atoms with Crippen LogP contribution in [-0.4, -0.2) is 50.0 Å². The summed E-state index contributed by atoms with van der Waals surface area (Å²) in [6.45, 7) is 9.92. The largest absolute Gasteiger partial charge is 0.357 e. The Hall–Kier alpha value is -2.57. The topological polar surface area (TPSA) is 85.8 Å². The van der Waals surface area contributed by atoms with Crippen LogP contribution in [0.4, 0.5) is 5.69 Å². The SMILES string of the molecule is CCNC(=NCCNC(=O)C(C)(C)C)NC1CC(=O)N(c2ccccc2)C1. The van der Waals surface area contributed by atoms with Crippen molar-refractivity contribution >= 4 is 23.5 Å². The molecule has 1 aromatic carbocycles. The summed E-state index contributed by atoms with van der Waals surface area (Å²) in [7, 11) is 0. The number of amides is 2. The molecule has 0 radical (unpaired) electrons. The van der Waals surface area contributed by atoms with Crippen LogP contribution in [-0.2, 0) is 9.59 Å². The molecule has 148 valence electrons. The van der Waals surface area contributed by atoms with E-state index in [2.05, 4.69) is 20.9 Å². The zero-order valence-electron chi connectivity index (χ0n) is 16.7. The number of aliphatic imine (C=N–C) groups is 1. The lowest BCUT2D eigenvalue weighted by Crippen LogP contribution is -2.45. The Morgan fingerprint density at radius 3 is 2.56 bits per heavy atom. The van der Waals surface area contributed by atoms with E-state index in [9.17, 15) is 9.59 Å². The molecule has 0 saturated carbocycles. The van der Waals surface area contributed by atoms with Gasteiger partial charge < -0.3 is 20.9 Å². The van der Waals surface area contributed by atoms with Crippen LogP contribution in [0.25, 0.3) is 0 Å². The van der Waals surface area contributed by atoms with Crippen LogP contribution < -0.4 is 20.9 Å². The van der Waals surface area contributed by atoms with Crippen molar-refractivity contribution in [1.82, 2.24) is 16.0 Å². The number of carbonyl (C=O) groups is 2. The molecule has 7 nitrogen and oxygen atoms in total. The lowest BCUT2D eigenvalue weighted by atomic mass is 9.96. The summed E-state index contributed by atoms with van der Waals surface area (Å²) in [6.07, 6.45) is 0.431. The molecule has 1 aliphatic heterocycles. The Bertz CT molecular complexity index is 667. The summed E-state index contributed by atoms with van der Waals surface area (Å²) in [5.74, 6) is 0.776. The van der Waals surface area contributed by atoms with Gasteiger partial charge in [0, 0.05) is 37.2 Å². The second-order valence-corrected chi connectivity index (χ2v) is 7.65. The molecule has 1 aromatic rings. The Labute approximate surface area is 161 Å².